The van der Waals surface area contributed by atoms with E-state index in [1.165, 1.54) is 0 Å². The zero-order valence-corrected chi connectivity index (χ0v) is 17.3. The second kappa shape index (κ2) is 8.50. The van der Waals surface area contributed by atoms with Crippen molar-refractivity contribution in [1.29, 1.82) is 5.26 Å². The smallest absolute Gasteiger partial charge is 0.259 e. The number of rotatable bonds is 5. The van der Waals surface area contributed by atoms with Crippen LogP contribution in [0.1, 0.15) is 37.0 Å². The van der Waals surface area contributed by atoms with Gasteiger partial charge in [0.25, 0.3) is 11.8 Å². The fraction of sp³-hybridized carbons (Fsp3) is 0.261. The van der Waals surface area contributed by atoms with Crippen LogP contribution in [0.25, 0.3) is 22.8 Å². The first-order valence-electron chi connectivity index (χ1n) is 9.98. The number of aromatic nitrogens is 2. The number of benzene rings is 2. The first-order valence-corrected chi connectivity index (χ1v) is 9.98. The first kappa shape index (κ1) is 20.4. The van der Waals surface area contributed by atoms with Gasteiger partial charge < -0.3 is 15.0 Å². The molecule has 3 aromatic rings. The van der Waals surface area contributed by atoms with Crippen LogP contribution in [0.3, 0.4) is 0 Å². The molecule has 8 heteroatoms. The third-order valence-corrected chi connectivity index (χ3v) is 4.91. The number of nitriles is 1. The summed E-state index contributed by atoms with van der Waals surface area (Å²) in [6.07, 6.45) is 1.35. The van der Waals surface area contributed by atoms with Crippen LogP contribution < -0.4 is 10.5 Å². The molecule has 0 saturated carbocycles. The monoisotopic (exact) mass is 415 g/mol. The Kier molecular flexibility index (Phi) is 5.60. The van der Waals surface area contributed by atoms with Gasteiger partial charge in [-0.05, 0) is 50.5 Å². The minimum Gasteiger partial charge on any atom is -0.490 e. The molecule has 1 heterocycles. The van der Waals surface area contributed by atoms with Gasteiger partial charge in [0.15, 0.2) is 0 Å². The van der Waals surface area contributed by atoms with Gasteiger partial charge in [-0.1, -0.05) is 23.4 Å². The Bertz CT molecular complexity index is 1220. The molecule has 1 aliphatic rings. The molecule has 0 unspecified atom stereocenters. The van der Waals surface area contributed by atoms with E-state index in [4.69, 9.17) is 15.0 Å². The van der Waals surface area contributed by atoms with Crippen molar-refractivity contribution in [2.24, 2.45) is 10.7 Å². The van der Waals surface area contributed by atoms with Crippen LogP contribution in [0.4, 0.5) is 0 Å². The highest BCUT2D eigenvalue weighted by molar-refractivity contribution is 6.10. The summed E-state index contributed by atoms with van der Waals surface area (Å²) < 4.78 is 11.1. The summed E-state index contributed by atoms with van der Waals surface area (Å²) in [6, 6.07) is 13.1. The van der Waals surface area contributed by atoms with Gasteiger partial charge in [-0.25, -0.2) is 4.99 Å². The maximum Gasteiger partial charge on any atom is 0.259 e. The fourth-order valence-electron chi connectivity index (χ4n) is 3.58. The summed E-state index contributed by atoms with van der Waals surface area (Å²) >= 11 is 0. The quantitative estimate of drug-likeness (QED) is 0.677. The summed E-state index contributed by atoms with van der Waals surface area (Å²) in [6.45, 7) is 3.69. The SMILES string of the molecule is CC(C)Oc1ccc(-c2nc(-c3cccc4c3CCC4=NC(=O)CN)no2)cc1C#N. The van der Waals surface area contributed by atoms with Crippen LogP contribution in [0.15, 0.2) is 45.9 Å². The van der Waals surface area contributed by atoms with Crippen molar-refractivity contribution < 1.29 is 14.1 Å². The fourth-order valence-corrected chi connectivity index (χ4v) is 3.58. The molecule has 2 aromatic carbocycles. The predicted octanol–water partition coefficient (Wildman–Crippen LogP) is 3.28. The average molecular weight is 415 g/mol. The van der Waals surface area contributed by atoms with Crippen LogP contribution in [0.2, 0.25) is 0 Å². The highest BCUT2D eigenvalue weighted by atomic mass is 16.5. The van der Waals surface area contributed by atoms with Crippen molar-refractivity contribution in [3.05, 3.63) is 53.1 Å². The van der Waals surface area contributed by atoms with Crippen molar-refractivity contribution >= 4 is 11.6 Å². The number of ether oxygens (including phenoxy) is 1. The number of carbonyl (C=O) groups excluding carboxylic acids is 1. The molecule has 0 bridgehead atoms. The number of nitrogens with zero attached hydrogens (tertiary/aromatic N) is 4. The van der Waals surface area contributed by atoms with Crippen molar-refractivity contribution in [3.63, 3.8) is 0 Å². The van der Waals surface area contributed by atoms with E-state index in [2.05, 4.69) is 21.2 Å². The number of hydrogen-bond donors (Lipinski definition) is 1. The van der Waals surface area contributed by atoms with Crippen molar-refractivity contribution in [1.82, 2.24) is 10.1 Å². The molecule has 4 rings (SSSR count). The molecular formula is C23H21N5O3. The minimum absolute atomic E-state index is 0.0401. The molecule has 0 spiro atoms. The highest BCUT2D eigenvalue weighted by Crippen LogP contribution is 2.33. The third-order valence-electron chi connectivity index (χ3n) is 4.91. The van der Waals surface area contributed by atoms with Crippen LogP contribution in [0.5, 0.6) is 5.75 Å². The van der Waals surface area contributed by atoms with E-state index in [-0.39, 0.29) is 18.6 Å². The number of amides is 1. The predicted molar refractivity (Wildman–Crippen MR) is 115 cm³/mol. The van der Waals surface area contributed by atoms with E-state index in [0.29, 0.717) is 35.0 Å². The lowest BCUT2D eigenvalue weighted by atomic mass is 10.0. The molecule has 156 valence electrons. The van der Waals surface area contributed by atoms with Gasteiger partial charge >= 0.3 is 0 Å². The molecule has 0 fully saturated rings. The summed E-state index contributed by atoms with van der Waals surface area (Å²) in [7, 11) is 0. The number of fused-ring (bicyclic) bond motifs is 1. The molecule has 1 aliphatic carbocycles. The second-order valence-corrected chi connectivity index (χ2v) is 7.40. The Morgan fingerprint density at radius 1 is 1.29 bits per heavy atom. The number of aliphatic imine (C=N–C) groups is 1. The molecule has 2 N–H and O–H groups in total. The normalized spacial score (nSPS) is 14.0. The van der Waals surface area contributed by atoms with Crippen molar-refractivity contribution in [3.8, 4) is 34.7 Å². The van der Waals surface area contributed by atoms with Crippen LogP contribution in [-0.4, -0.2) is 34.4 Å². The summed E-state index contributed by atoms with van der Waals surface area (Å²) in [5.41, 5.74) is 9.92. The van der Waals surface area contributed by atoms with Gasteiger partial charge in [0.05, 0.1) is 23.9 Å². The van der Waals surface area contributed by atoms with Gasteiger partial charge in [-0.2, -0.15) is 10.2 Å². The minimum atomic E-state index is -0.340. The van der Waals surface area contributed by atoms with E-state index in [0.717, 1.165) is 28.8 Å². The zero-order valence-electron chi connectivity index (χ0n) is 17.3. The first-order chi connectivity index (χ1) is 15.0. The van der Waals surface area contributed by atoms with E-state index in [1.807, 2.05) is 32.0 Å². The Morgan fingerprint density at radius 2 is 2.10 bits per heavy atom. The molecule has 0 aliphatic heterocycles. The largest absolute Gasteiger partial charge is 0.490 e. The maximum atomic E-state index is 11.6. The standard InChI is InChI=1S/C23H21N5O3/c1-13(2)30-20-9-6-14(10-15(20)11-24)23-27-22(28-31-23)18-5-3-4-17-16(18)7-8-19(17)26-21(29)12-25/h3-6,9-10,13H,7-8,12,25H2,1-2H3. The Labute approximate surface area is 179 Å². The van der Waals surface area contributed by atoms with Gasteiger partial charge in [0.2, 0.25) is 5.82 Å². The third kappa shape index (κ3) is 4.09. The van der Waals surface area contributed by atoms with E-state index in [9.17, 15) is 10.1 Å². The molecule has 1 aromatic heterocycles. The summed E-state index contributed by atoms with van der Waals surface area (Å²) in [4.78, 5) is 20.3. The van der Waals surface area contributed by atoms with Gasteiger partial charge in [0, 0.05) is 16.7 Å². The Balaban J connectivity index is 1.68. The molecule has 0 radical (unpaired) electrons. The van der Waals surface area contributed by atoms with E-state index in [1.54, 1.807) is 18.2 Å². The number of nitrogens with two attached hydrogens (primary N) is 1. The molecule has 1 amide bonds. The van der Waals surface area contributed by atoms with Crippen molar-refractivity contribution in [2.45, 2.75) is 32.8 Å². The Morgan fingerprint density at radius 3 is 2.84 bits per heavy atom. The lowest BCUT2D eigenvalue weighted by Crippen LogP contribution is -2.13. The molecule has 8 nitrogen and oxygen atoms in total. The van der Waals surface area contributed by atoms with Crippen LogP contribution >= 0.6 is 0 Å². The van der Waals surface area contributed by atoms with Gasteiger partial charge in [-0.3, -0.25) is 4.79 Å². The number of hydrogen-bond acceptors (Lipinski definition) is 7. The highest BCUT2D eigenvalue weighted by Gasteiger charge is 2.24. The summed E-state index contributed by atoms with van der Waals surface area (Å²) in [5.74, 6) is 0.929. The van der Waals surface area contributed by atoms with Gasteiger partial charge in [-0.15, -0.1) is 0 Å². The van der Waals surface area contributed by atoms with Gasteiger partial charge in [0.1, 0.15) is 11.8 Å². The van der Waals surface area contributed by atoms with E-state index >= 15 is 0 Å². The Hall–Kier alpha value is -3.83. The number of carbonyl (C=O) groups is 1. The molecule has 31 heavy (non-hydrogen) atoms. The summed E-state index contributed by atoms with van der Waals surface area (Å²) in [5, 5.41) is 13.6. The van der Waals surface area contributed by atoms with Crippen molar-refractivity contribution in [2.75, 3.05) is 6.54 Å². The molecule has 0 atom stereocenters. The molecule has 0 saturated heterocycles. The topological polar surface area (TPSA) is 127 Å². The zero-order chi connectivity index (χ0) is 22.0. The molecular weight excluding hydrogens is 394 g/mol. The average Bonchev–Trinajstić information content (AvgIpc) is 3.41. The second-order valence-electron chi connectivity index (χ2n) is 7.40. The van der Waals surface area contributed by atoms with E-state index < -0.39 is 0 Å². The lowest BCUT2D eigenvalue weighted by Gasteiger charge is -2.11. The maximum absolute atomic E-state index is 11.6. The lowest BCUT2D eigenvalue weighted by molar-refractivity contribution is -0.116. The van der Waals surface area contributed by atoms with Crippen LogP contribution in [-0.2, 0) is 11.2 Å². The van der Waals surface area contributed by atoms with Crippen LogP contribution in [0, 0.1) is 11.3 Å².